The summed E-state index contributed by atoms with van der Waals surface area (Å²) in [6.45, 7) is 15.6. The standard InChI is InChI=1S/C29H40F3N3O3/c1-20(2)37-18-12-33-13-19-38-27-11-10-26(21(3)22(27)4)23(5)34-14-16-35(17-15-34)28(36)24-6-8-25(9-7-24)29(30,31)32/h6-11,20,23,33H,12-19H2,1-5H3. The van der Waals surface area contributed by atoms with Crippen molar-refractivity contribution in [3.63, 3.8) is 0 Å². The molecule has 6 nitrogen and oxygen atoms in total. The number of nitrogens with zero attached hydrogens (tertiary/aromatic N) is 2. The summed E-state index contributed by atoms with van der Waals surface area (Å²) in [6.07, 6.45) is -4.18. The van der Waals surface area contributed by atoms with E-state index in [1.54, 1.807) is 4.90 Å². The molecular weight excluding hydrogens is 495 g/mol. The van der Waals surface area contributed by atoms with Crippen molar-refractivity contribution < 1.29 is 27.4 Å². The van der Waals surface area contributed by atoms with E-state index in [-0.39, 0.29) is 23.6 Å². The Morgan fingerprint density at radius 3 is 2.16 bits per heavy atom. The molecule has 1 heterocycles. The number of piperazine rings is 1. The number of carbonyl (C=O) groups excluding carboxylic acids is 1. The zero-order valence-corrected chi connectivity index (χ0v) is 23.0. The Labute approximate surface area is 224 Å². The summed E-state index contributed by atoms with van der Waals surface area (Å²) < 4.78 is 50.0. The van der Waals surface area contributed by atoms with Crippen molar-refractivity contribution in [1.29, 1.82) is 0 Å². The van der Waals surface area contributed by atoms with Gasteiger partial charge in [-0.15, -0.1) is 0 Å². The number of rotatable bonds is 11. The first-order valence-corrected chi connectivity index (χ1v) is 13.2. The van der Waals surface area contributed by atoms with Crippen molar-refractivity contribution in [3.8, 4) is 5.75 Å². The molecule has 0 aliphatic carbocycles. The van der Waals surface area contributed by atoms with E-state index < -0.39 is 11.7 Å². The third kappa shape index (κ3) is 7.94. The third-order valence-corrected chi connectivity index (χ3v) is 7.10. The fourth-order valence-electron chi connectivity index (χ4n) is 4.64. The molecule has 1 fully saturated rings. The summed E-state index contributed by atoms with van der Waals surface area (Å²) in [5, 5.41) is 3.32. The fraction of sp³-hybridized carbons (Fsp3) is 0.552. The number of hydrogen-bond donors (Lipinski definition) is 1. The summed E-state index contributed by atoms with van der Waals surface area (Å²) in [5.41, 5.74) is 3.06. The van der Waals surface area contributed by atoms with Gasteiger partial charge in [-0.05, 0) is 81.6 Å². The van der Waals surface area contributed by atoms with Crippen molar-refractivity contribution in [2.24, 2.45) is 0 Å². The maximum atomic E-state index is 12.8. The Balaban J connectivity index is 1.50. The van der Waals surface area contributed by atoms with E-state index in [0.29, 0.717) is 39.4 Å². The molecule has 0 aromatic heterocycles. The quantitative estimate of drug-likeness (QED) is 0.399. The van der Waals surface area contributed by atoms with E-state index in [2.05, 4.69) is 37.1 Å². The van der Waals surface area contributed by atoms with Gasteiger partial charge < -0.3 is 19.7 Å². The summed E-state index contributed by atoms with van der Waals surface area (Å²) in [5.74, 6) is 0.645. The van der Waals surface area contributed by atoms with Gasteiger partial charge in [-0.3, -0.25) is 9.69 Å². The molecule has 1 amide bonds. The van der Waals surface area contributed by atoms with Gasteiger partial charge in [0, 0.05) is 50.9 Å². The number of alkyl halides is 3. The second-order valence-electron chi connectivity index (χ2n) is 10.0. The average Bonchev–Trinajstić information content (AvgIpc) is 2.89. The molecule has 0 radical (unpaired) electrons. The van der Waals surface area contributed by atoms with Crippen molar-refractivity contribution in [1.82, 2.24) is 15.1 Å². The number of halogens is 3. The molecule has 2 aromatic carbocycles. The van der Waals surface area contributed by atoms with Crippen molar-refractivity contribution in [3.05, 3.63) is 64.2 Å². The second kappa shape index (κ2) is 13.4. The van der Waals surface area contributed by atoms with E-state index in [0.717, 1.165) is 36.5 Å². The van der Waals surface area contributed by atoms with Crippen molar-refractivity contribution >= 4 is 5.91 Å². The van der Waals surface area contributed by atoms with Crippen LogP contribution < -0.4 is 10.1 Å². The van der Waals surface area contributed by atoms with E-state index >= 15 is 0 Å². The van der Waals surface area contributed by atoms with Gasteiger partial charge in [0.05, 0.1) is 18.3 Å². The minimum absolute atomic E-state index is 0.161. The van der Waals surface area contributed by atoms with Gasteiger partial charge in [0.2, 0.25) is 0 Å². The van der Waals surface area contributed by atoms with Gasteiger partial charge in [-0.1, -0.05) is 6.07 Å². The first-order valence-electron chi connectivity index (χ1n) is 13.2. The van der Waals surface area contributed by atoms with Gasteiger partial charge >= 0.3 is 6.18 Å². The predicted octanol–water partition coefficient (Wildman–Crippen LogP) is 5.23. The lowest BCUT2D eigenvalue weighted by atomic mass is 9.96. The van der Waals surface area contributed by atoms with Gasteiger partial charge in [-0.2, -0.15) is 13.2 Å². The fourth-order valence-corrected chi connectivity index (χ4v) is 4.64. The summed E-state index contributed by atoms with van der Waals surface area (Å²) in [7, 11) is 0. The minimum Gasteiger partial charge on any atom is -0.492 e. The molecule has 1 aliphatic heterocycles. The summed E-state index contributed by atoms with van der Waals surface area (Å²) in [6, 6.07) is 8.74. The summed E-state index contributed by atoms with van der Waals surface area (Å²) in [4.78, 5) is 16.9. The monoisotopic (exact) mass is 535 g/mol. The Kier molecular flexibility index (Phi) is 10.6. The Bertz CT molecular complexity index is 1050. The normalized spacial score (nSPS) is 15.7. The first-order chi connectivity index (χ1) is 18.0. The Hall–Kier alpha value is -2.62. The molecule has 0 saturated carbocycles. The molecule has 0 spiro atoms. The van der Waals surface area contributed by atoms with Crippen LogP contribution in [0.4, 0.5) is 13.2 Å². The average molecular weight is 536 g/mol. The Morgan fingerprint density at radius 2 is 1.55 bits per heavy atom. The molecule has 2 aromatic rings. The number of hydrogen-bond acceptors (Lipinski definition) is 5. The van der Waals surface area contributed by atoms with Gasteiger partial charge in [0.1, 0.15) is 12.4 Å². The van der Waals surface area contributed by atoms with Crippen LogP contribution in [0.1, 0.15) is 59.4 Å². The number of benzene rings is 2. The van der Waals surface area contributed by atoms with Crippen LogP contribution in [0, 0.1) is 13.8 Å². The van der Waals surface area contributed by atoms with E-state index in [1.165, 1.54) is 23.3 Å². The number of amides is 1. The first kappa shape index (κ1) is 29.9. The Morgan fingerprint density at radius 1 is 0.921 bits per heavy atom. The second-order valence-corrected chi connectivity index (χ2v) is 10.0. The molecule has 0 bridgehead atoms. The molecule has 210 valence electrons. The van der Waals surface area contributed by atoms with Gasteiger partial charge in [0.25, 0.3) is 5.91 Å². The molecule has 9 heteroatoms. The van der Waals surface area contributed by atoms with Crippen molar-refractivity contribution in [2.45, 2.75) is 52.9 Å². The smallest absolute Gasteiger partial charge is 0.416 e. The maximum absolute atomic E-state index is 12.8. The molecule has 3 rings (SSSR count). The van der Waals surface area contributed by atoms with Gasteiger partial charge in [-0.25, -0.2) is 0 Å². The van der Waals surface area contributed by atoms with Crippen LogP contribution in [0.3, 0.4) is 0 Å². The predicted molar refractivity (Wildman–Crippen MR) is 143 cm³/mol. The van der Waals surface area contributed by atoms with Crippen LogP contribution in [-0.4, -0.2) is 74.3 Å². The highest BCUT2D eigenvalue weighted by atomic mass is 19.4. The van der Waals surface area contributed by atoms with Crippen LogP contribution in [0.2, 0.25) is 0 Å². The molecule has 1 aliphatic rings. The van der Waals surface area contributed by atoms with E-state index in [4.69, 9.17) is 9.47 Å². The summed E-state index contributed by atoms with van der Waals surface area (Å²) >= 11 is 0. The molecule has 1 saturated heterocycles. The highest BCUT2D eigenvalue weighted by Gasteiger charge is 2.31. The largest absolute Gasteiger partial charge is 0.492 e. The molecule has 38 heavy (non-hydrogen) atoms. The highest BCUT2D eigenvalue weighted by Crippen LogP contribution is 2.32. The highest BCUT2D eigenvalue weighted by molar-refractivity contribution is 5.94. The number of ether oxygens (including phenoxy) is 2. The molecule has 1 atom stereocenters. The zero-order valence-electron chi connectivity index (χ0n) is 23.0. The lowest BCUT2D eigenvalue weighted by Crippen LogP contribution is -2.49. The van der Waals surface area contributed by atoms with Crippen LogP contribution in [0.15, 0.2) is 36.4 Å². The topological polar surface area (TPSA) is 54.0 Å². The lowest BCUT2D eigenvalue weighted by molar-refractivity contribution is -0.137. The third-order valence-electron chi connectivity index (χ3n) is 7.10. The molecule has 1 N–H and O–H groups in total. The van der Waals surface area contributed by atoms with Crippen molar-refractivity contribution in [2.75, 3.05) is 52.5 Å². The maximum Gasteiger partial charge on any atom is 0.416 e. The van der Waals surface area contributed by atoms with E-state index in [1.807, 2.05) is 19.9 Å². The van der Waals surface area contributed by atoms with Crippen LogP contribution in [-0.2, 0) is 10.9 Å². The molecular formula is C29H40F3N3O3. The van der Waals surface area contributed by atoms with Crippen LogP contribution in [0.5, 0.6) is 5.75 Å². The molecule has 1 unspecified atom stereocenters. The minimum atomic E-state index is -4.41. The van der Waals surface area contributed by atoms with Crippen LogP contribution in [0.25, 0.3) is 0 Å². The van der Waals surface area contributed by atoms with E-state index in [9.17, 15) is 18.0 Å². The zero-order chi connectivity index (χ0) is 27.9. The number of carbonyl (C=O) groups is 1. The SMILES string of the molecule is Cc1c(OCCNCCOC(C)C)ccc(C(C)N2CCN(C(=O)c3ccc(C(F)(F)F)cc3)CC2)c1C. The van der Waals surface area contributed by atoms with Gasteiger partial charge in [0.15, 0.2) is 0 Å². The van der Waals surface area contributed by atoms with Crippen LogP contribution >= 0.6 is 0 Å². The lowest BCUT2D eigenvalue weighted by Gasteiger charge is -2.39. The number of nitrogens with one attached hydrogen (secondary N) is 1.